The molecule has 0 saturated heterocycles. The van der Waals surface area contributed by atoms with Gasteiger partial charge >= 0.3 is 6.03 Å². The number of rotatable bonds is 8. The molecule has 21 heavy (non-hydrogen) atoms. The van der Waals surface area contributed by atoms with Crippen LogP contribution in [0.3, 0.4) is 0 Å². The van der Waals surface area contributed by atoms with Crippen LogP contribution in [0.5, 0.6) is 0 Å². The Labute approximate surface area is 123 Å². The van der Waals surface area contributed by atoms with Crippen LogP contribution >= 0.6 is 0 Å². The van der Waals surface area contributed by atoms with Gasteiger partial charge < -0.3 is 25.8 Å². The van der Waals surface area contributed by atoms with Crippen LogP contribution in [-0.4, -0.2) is 50.0 Å². The number of carbonyl (C=O) groups excluding carboxylic acids is 2. The molecule has 3 amide bonds. The molecule has 0 bridgehead atoms. The van der Waals surface area contributed by atoms with Gasteiger partial charge in [-0.15, -0.1) is 0 Å². The highest BCUT2D eigenvalue weighted by Gasteiger charge is 2.07. The van der Waals surface area contributed by atoms with E-state index < -0.39 is 12.1 Å². The molecule has 4 N–H and O–H groups in total. The van der Waals surface area contributed by atoms with Gasteiger partial charge in [0.25, 0.3) is 0 Å². The molecular weight excluding hydrogens is 274 g/mol. The number of aliphatic hydroxyl groups is 1. The third-order valence-corrected chi connectivity index (χ3v) is 2.60. The maximum atomic E-state index is 11.5. The maximum absolute atomic E-state index is 11.5. The fraction of sp³-hybridized carbons (Fsp3) is 0.429. The Balaban J connectivity index is 2.13. The number of ether oxygens (including phenoxy) is 1. The van der Waals surface area contributed by atoms with Crippen molar-refractivity contribution in [2.24, 2.45) is 0 Å². The second-order valence-electron chi connectivity index (χ2n) is 4.42. The monoisotopic (exact) mass is 295 g/mol. The molecule has 0 radical (unpaired) electrons. The summed E-state index contributed by atoms with van der Waals surface area (Å²) < 4.78 is 4.77. The van der Waals surface area contributed by atoms with Crippen molar-refractivity contribution in [3.05, 3.63) is 30.3 Å². The zero-order valence-corrected chi connectivity index (χ0v) is 12.0. The molecule has 1 rings (SSSR count). The van der Waals surface area contributed by atoms with E-state index in [0.717, 1.165) is 0 Å². The molecule has 1 aromatic rings. The van der Waals surface area contributed by atoms with Gasteiger partial charge in [0.1, 0.15) is 0 Å². The van der Waals surface area contributed by atoms with Gasteiger partial charge in [0.15, 0.2) is 0 Å². The Morgan fingerprint density at radius 2 is 1.95 bits per heavy atom. The van der Waals surface area contributed by atoms with Crippen LogP contribution in [0.2, 0.25) is 0 Å². The Morgan fingerprint density at radius 3 is 2.62 bits per heavy atom. The molecule has 1 unspecified atom stereocenters. The number of benzene rings is 1. The molecule has 0 saturated carbocycles. The largest absolute Gasteiger partial charge is 0.391 e. The molecular formula is C14H21N3O4. The van der Waals surface area contributed by atoms with E-state index in [9.17, 15) is 14.7 Å². The number of hydrogen-bond donors (Lipinski definition) is 4. The molecule has 116 valence electrons. The van der Waals surface area contributed by atoms with Crippen LogP contribution in [0.1, 0.15) is 6.42 Å². The Bertz CT molecular complexity index is 439. The molecule has 1 aromatic carbocycles. The third kappa shape index (κ3) is 7.91. The zero-order chi connectivity index (χ0) is 15.5. The summed E-state index contributed by atoms with van der Waals surface area (Å²) in [7, 11) is 1.50. The van der Waals surface area contributed by atoms with E-state index in [1.165, 1.54) is 7.11 Å². The number of urea groups is 1. The van der Waals surface area contributed by atoms with Crippen LogP contribution in [-0.2, 0) is 9.53 Å². The van der Waals surface area contributed by atoms with Crippen LogP contribution in [0.25, 0.3) is 0 Å². The van der Waals surface area contributed by atoms with E-state index in [-0.39, 0.29) is 19.1 Å². The van der Waals surface area contributed by atoms with Crippen LogP contribution in [0.4, 0.5) is 10.5 Å². The molecule has 0 fully saturated rings. The average molecular weight is 295 g/mol. The summed E-state index contributed by atoms with van der Waals surface area (Å²) in [5.74, 6) is -0.317. The lowest BCUT2D eigenvalue weighted by Gasteiger charge is -2.11. The highest BCUT2D eigenvalue weighted by molar-refractivity contribution is 5.92. The van der Waals surface area contributed by atoms with Gasteiger partial charge in [0, 0.05) is 19.3 Å². The zero-order valence-electron chi connectivity index (χ0n) is 12.0. The Morgan fingerprint density at radius 1 is 1.24 bits per heavy atom. The lowest BCUT2D eigenvalue weighted by molar-refractivity contribution is -0.120. The van der Waals surface area contributed by atoms with Gasteiger partial charge in [-0.25, -0.2) is 4.79 Å². The number of anilines is 1. The van der Waals surface area contributed by atoms with Crippen molar-refractivity contribution < 1.29 is 19.4 Å². The van der Waals surface area contributed by atoms with Gasteiger partial charge in [-0.1, -0.05) is 18.2 Å². The van der Waals surface area contributed by atoms with Gasteiger partial charge in [-0.05, 0) is 18.6 Å². The highest BCUT2D eigenvalue weighted by Crippen LogP contribution is 2.03. The normalized spacial score (nSPS) is 11.5. The predicted molar refractivity (Wildman–Crippen MR) is 79.0 cm³/mol. The molecule has 0 aliphatic carbocycles. The van der Waals surface area contributed by atoms with Crippen molar-refractivity contribution in [2.75, 3.05) is 32.1 Å². The van der Waals surface area contributed by atoms with E-state index in [2.05, 4.69) is 16.0 Å². The van der Waals surface area contributed by atoms with Crippen molar-refractivity contribution in [1.29, 1.82) is 0 Å². The average Bonchev–Trinajstić information content (AvgIpc) is 2.46. The second kappa shape index (κ2) is 9.73. The third-order valence-electron chi connectivity index (χ3n) is 2.60. The first-order valence-electron chi connectivity index (χ1n) is 6.65. The number of hydrogen-bond acceptors (Lipinski definition) is 4. The summed E-state index contributed by atoms with van der Waals surface area (Å²) in [5.41, 5.74) is 0.651. The SMILES string of the molecule is COCC(O)CCNC(=O)CNC(=O)Nc1ccccc1. The topological polar surface area (TPSA) is 99.7 Å². The van der Waals surface area contributed by atoms with Gasteiger partial charge in [-0.3, -0.25) is 4.79 Å². The number of methoxy groups -OCH3 is 1. The molecule has 0 aromatic heterocycles. The number of para-hydroxylation sites is 1. The minimum absolute atomic E-state index is 0.126. The highest BCUT2D eigenvalue weighted by atomic mass is 16.5. The molecule has 0 aliphatic heterocycles. The fourth-order valence-corrected chi connectivity index (χ4v) is 1.57. The van der Waals surface area contributed by atoms with Crippen molar-refractivity contribution in [1.82, 2.24) is 10.6 Å². The second-order valence-corrected chi connectivity index (χ2v) is 4.42. The minimum atomic E-state index is -0.607. The number of nitrogens with one attached hydrogen (secondary N) is 3. The smallest absolute Gasteiger partial charge is 0.319 e. The first-order chi connectivity index (χ1) is 10.1. The molecule has 0 heterocycles. The molecule has 0 spiro atoms. The molecule has 1 atom stereocenters. The van der Waals surface area contributed by atoms with E-state index in [0.29, 0.717) is 18.7 Å². The summed E-state index contributed by atoms with van der Waals surface area (Å²) in [4.78, 5) is 23.0. The number of aliphatic hydroxyl groups excluding tert-OH is 1. The van der Waals surface area contributed by atoms with E-state index >= 15 is 0 Å². The van der Waals surface area contributed by atoms with Crippen molar-refractivity contribution in [3.8, 4) is 0 Å². The molecule has 7 heteroatoms. The van der Waals surface area contributed by atoms with Gasteiger partial charge in [-0.2, -0.15) is 0 Å². The Hall–Kier alpha value is -2.12. The van der Waals surface area contributed by atoms with E-state index in [1.54, 1.807) is 24.3 Å². The van der Waals surface area contributed by atoms with Gasteiger partial charge in [0.05, 0.1) is 19.3 Å². The predicted octanol–water partition coefficient (Wildman–Crippen LogP) is 0.322. The van der Waals surface area contributed by atoms with E-state index in [4.69, 9.17) is 4.74 Å². The standard InChI is InChI=1S/C14H21N3O4/c1-21-10-12(18)7-8-15-13(19)9-16-14(20)17-11-5-3-2-4-6-11/h2-6,12,18H,7-10H2,1H3,(H,15,19)(H2,16,17,20). The van der Waals surface area contributed by atoms with Crippen LogP contribution < -0.4 is 16.0 Å². The summed E-state index contributed by atoms with van der Waals surface area (Å²) in [6.45, 7) is 0.429. The van der Waals surface area contributed by atoms with Crippen molar-refractivity contribution in [2.45, 2.75) is 12.5 Å². The summed E-state index contributed by atoms with van der Waals surface area (Å²) >= 11 is 0. The fourth-order valence-electron chi connectivity index (χ4n) is 1.57. The first-order valence-corrected chi connectivity index (χ1v) is 6.65. The molecule has 7 nitrogen and oxygen atoms in total. The minimum Gasteiger partial charge on any atom is -0.391 e. The summed E-state index contributed by atoms with van der Waals surface area (Å²) in [5, 5.41) is 17.0. The van der Waals surface area contributed by atoms with E-state index in [1.807, 2.05) is 6.07 Å². The quantitative estimate of drug-likeness (QED) is 0.555. The van der Waals surface area contributed by atoms with Crippen molar-refractivity contribution in [3.63, 3.8) is 0 Å². The number of carbonyl (C=O) groups is 2. The summed E-state index contributed by atoms with van der Waals surface area (Å²) in [6.07, 6.45) is -0.208. The summed E-state index contributed by atoms with van der Waals surface area (Å²) in [6, 6.07) is 8.49. The lowest BCUT2D eigenvalue weighted by Crippen LogP contribution is -2.39. The Kier molecular flexibility index (Phi) is 7.85. The van der Waals surface area contributed by atoms with Crippen LogP contribution in [0.15, 0.2) is 30.3 Å². The van der Waals surface area contributed by atoms with Gasteiger partial charge in [0.2, 0.25) is 5.91 Å². The molecule has 0 aliphatic rings. The van der Waals surface area contributed by atoms with Crippen LogP contribution in [0, 0.1) is 0 Å². The number of amides is 3. The lowest BCUT2D eigenvalue weighted by atomic mass is 10.2. The first kappa shape index (κ1) is 16.9. The maximum Gasteiger partial charge on any atom is 0.319 e. The van der Waals surface area contributed by atoms with Crippen molar-refractivity contribution >= 4 is 17.6 Å².